The average Bonchev–Trinajstić information content (AvgIpc) is 2.46. The Morgan fingerprint density at radius 3 is 2.43 bits per heavy atom. The van der Waals surface area contributed by atoms with Gasteiger partial charge >= 0.3 is 6.61 Å². The number of rotatable bonds is 5. The first-order valence-corrected chi connectivity index (χ1v) is 6.53. The number of methoxy groups -OCH3 is 1. The van der Waals surface area contributed by atoms with Crippen LogP contribution in [0.2, 0.25) is 5.02 Å². The number of halogens is 3. The van der Waals surface area contributed by atoms with Crippen molar-refractivity contribution in [3.05, 3.63) is 58.6 Å². The minimum atomic E-state index is -2.92. The Bertz CT molecular complexity index is 622. The summed E-state index contributed by atoms with van der Waals surface area (Å²) < 4.78 is 34.7. The van der Waals surface area contributed by atoms with Gasteiger partial charge in [0.25, 0.3) is 0 Å². The van der Waals surface area contributed by atoms with Crippen LogP contribution in [-0.4, -0.2) is 13.7 Å². The topological polar surface area (TPSA) is 44.5 Å². The minimum absolute atomic E-state index is 0.0297. The van der Waals surface area contributed by atoms with Gasteiger partial charge in [0.05, 0.1) is 13.2 Å². The van der Waals surface area contributed by atoms with Gasteiger partial charge in [0.1, 0.15) is 11.5 Å². The molecule has 0 aliphatic heterocycles. The van der Waals surface area contributed by atoms with Crippen LogP contribution >= 0.6 is 11.6 Å². The molecule has 0 spiro atoms. The van der Waals surface area contributed by atoms with E-state index in [1.54, 1.807) is 36.4 Å². The van der Waals surface area contributed by atoms with Crippen molar-refractivity contribution >= 4 is 11.6 Å². The number of alkyl halides is 2. The Morgan fingerprint density at radius 1 is 1.05 bits per heavy atom. The lowest BCUT2D eigenvalue weighted by molar-refractivity contribution is -0.0505. The molecule has 0 fully saturated rings. The van der Waals surface area contributed by atoms with Crippen LogP contribution in [0.15, 0.2) is 42.5 Å². The van der Waals surface area contributed by atoms with Crippen LogP contribution in [0.1, 0.15) is 17.2 Å². The quantitative estimate of drug-likeness (QED) is 0.907. The highest BCUT2D eigenvalue weighted by Gasteiger charge is 2.19. The first-order valence-electron chi connectivity index (χ1n) is 6.15. The molecule has 21 heavy (non-hydrogen) atoms. The third-order valence-electron chi connectivity index (χ3n) is 3.00. The summed E-state index contributed by atoms with van der Waals surface area (Å²) in [5, 5.41) is 0.480. The van der Waals surface area contributed by atoms with Gasteiger partial charge in [-0.3, -0.25) is 0 Å². The van der Waals surface area contributed by atoms with E-state index in [9.17, 15) is 8.78 Å². The summed E-state index contributed by atoms with van der Waals surface area (Å²) in [7, 11) is 1.50. The summed E-state index contributed by atoms with van der Waals surface area (Å²) in [4.78, 5) is 0. The maximum Gasteiger partial charge on any atom is 0.387 e. The van der Waals surface area contributed by atoms with Gasteiger partial charge in [-0.1, -0.05) is 29.8 Å². The summed E-state index contributed by atoms with van der Waals surface area (Å²) in [6, 6.07) is 10.7. The van der Waals surface area contributed by atoms with E-state index in [2.05, 4.69) is 4.74 Å². The standard InChI is InChI=1S/C15H14ClF2NO2/c1-20-12-7-6-9(16)8-11(12)14(19)10-4-2-3-5-13(10)21-15(17)18/h2-8,14-15H,19H2,1H3. The van der Waals surface area contributed by atoms with Crippen molar-refractivity contribution in [2.45, 2.75) is 12.7 Å². The fourth-order valence-electron chi connectivity index (χ4n) is 2.06. The number of hydrogen-bond acceptors (Lipinski definition) is 3. The highest BCUT2D eigenvalue weighted by atomic mass is 35.5. The molecule has 0 heterocycles. The van der Waals surface area contributed by atoms with Crippen molar-refractivity contribution in [1.29, 1.82) is 0 Å². The predicted octanol–water partition coefficient (Wildman–Crippen LogP) is 4.00. The van der Waals surface area contributed by atoms with Gasteiger partial charge in [-0.25, -0.2) is 0 Å². The van der Waals surface area contributed by atoms with Gasteiger partial charge in [-0.2, -0.15) is 8.78 Å². The van der Waals surface area contributed by atoms with Crippen molar-refractivity contribution in [3.63, 3.8) is 0 Å². The SMILES string of the molecule is COc1ccc(Cl)cc1C(N)c1ccccc1OC(F)F. The van der Waals surface area contributed by atoms with E-state index in [1.807, 2.05) is 0 Å². The van der Waals surface area contributed by atoms with Crippen LogP contribution in [0.3, 0.4) is 0 Å². The highest BCUT2D eigenvalue weighted by Crippen LogP contribution is 2.35. The van der Waals surface area contributed by atoms with Crippen LogP contribution in [0.25, 0.3) is 0 Å². The zero-order valence-electron chi connectivity index (χ0n) is 11.2. The molecule has 2 N–H and O–H groups in total. The summed E-state index contributed by atoms with van der Waals surface area (Å²) in [5.41, 5.74) is 7.20. The molecular weight excluding hydrogens is 300 g/mol. The number of nitrogens with two attached hydrogens (primary N) is 1. The largest absolute Gasteiger partial charge is 0.496 e. The summed E-state index contributed by atoms with van der Waals surface area (Å²) >= 11 is 5.97. The zero-order valence-corrected chi connectivity index (χ0v) is 12.0. The second kappa shape index (κ2) is 6.74. The predicted molar refractivity (Wildman–Crippen MR) is 77.1 cm³/mol. The van der Waals surface area contributed by atoms with Gasteiger partial charge in [0, 0.05) is 16.1 Å². The molecule has 3 nitrogen and oxygen atoms in total. The first kappa shape index (κ1) is 15.5. The molecule has 0 saturated heterocycles. The van der Waals surface area contributed by atoms with Crippen molar-refractivity contribution in [2.75, 3.05) is 7.11 Å². The minimum Gasteiger partial charge on any atom is -0.496 e. The monoisotopic (exact) mass is 313 g/mol. The number of ether oxygens (including phenoxy) is 2. The lowest BCUT2D eigenvalue weighted by Gasteiger charge is -2.19. The Hall–Kier alpha value is -1.85. The summed E-state index contributed by atoms with van der Waals surface area (Å²) in [6.45, 7) is -2.92. The van der Waals surface area contributed by atoms with Crippen molar-refractivity contribution in [1.82, 2.24) is 0 Å². The zero-order chi connectivity index (χ0) is 15.4. The van der Waals surface area contributed by atoms with E-state index in [4.69, 9.17) is 22.1 Å². The summed E-state index contributed by atoms with van der Waals surface area (Å²) in [5.74, 6) is 0.556. The third kappa shape index (κ3) is 3.62. The van der Waals surface area contributed by atoms with Crippen molar-refractivity contribution in [3.8, 4) is 11.5 Å². The Kier molecular flexibility index (Phi) is 4.98. The second-order valence-electron chi connectivity index (χ2n) is 4.28. The fraction of sp³-hybridized carbons (Fsp3) is 0.200. The lowest BCUT2D eigenvalue weighted by atomic mass is 9.98. The second-order valence-corrected chi connectivity index (χ2v) is 4.72. The Labute approximate surface area is 126 Å². The molecule has 2 rings (SSSR count). The number of benzene rings is 2. The molecule has 0 bridgehead atoms. The van der Waals surface area contributed by atoms with Gasteiger partial charge in [-0.05, 0) is 24.3 Å². The van der Waals surface area contributed by atoms with Gasteiger partial charge in [0.15, 0.2) is 0 Å². The molecule has 0 amide bonds. The van der Waals surface area contributed by atoms with Crippen LogP contribution in [0.5, 0.6) is 11.5 Å². The van der Waals surface area contributed by atoms with E-state index in [-0.39, 0.29) is 5.75 Å². The number of hydrogen-bond donors (Lipinski definition) is 1. The molecule has 0 aromatic heterocycles. The van der Waals surface area contributed by atoms with E-state index in [0.29, 0.717) is 21.9 Å². The van der Waals surface area contributed by atoms with Crippen LogP contribution in [-0.2, 0) is 0 Å². The Balaban J connectivity index is 2.45. The maximum absolute atomic E-state index is 12.5. The molecule has 6 heteroatoms. The molecule has 112 valence electrons. The van der Waals surface area contributed by atoms with Gasteiger partial charge < -0.3 is 15.2 Å². The van der Waals surface area contributed by atoms with Crippen LogP contribution in [0.4, 0.5) is 8.78 Å². The van der Waals surface area contributed by atoms with Crippen molar-refractivity contribution < 1.29 is 18.3 Å². The van der Waals surface area contributed by atoms with Crippen LogP contribution < -0.4 is 15.2 Å². The smallest absolute Gasteiger partial charge is 0.387 e. The van der Waals surface area contributed by atoms with E-state index >= 15 is 0 Å². The number of para-hydroxylation sites is 1. The third-order valence-corrected chi connectivity index (χ3v) is 3.23. The van der Waals surface area contributed by atoms with E-state index < -0.39 is 12.7 Å². The molecule has 0 radical (unpaired) electrons. The molecule has 1 atom stereocenters. The van der Waals surface area contributed by atoms with Gasteiger partial charge in [-0.15, -0.1) is 0 Å². The lowest BCUT2D eigenvalue weighted by Crippen LogP contribution is -2.15. The molecule has 2 aromatic carbocycles. The van der Waals surface area contributed by atoms with Gasteiger partial charge in [0.2, 0.25) is 0 Å². The molecular formula is C15H14ClF2NO2. The van der Waals surface area contributed by atoms with E-state index in [0.717, 1.165) is 0 Å². The molecule has 1 unspecified atom stereocenters. The molecule has 2 aromatic rings. The van der Waals surface area contributed by atoms with E-state index in [1.165, 1.54) is 13.2 Å². The summed E-state index contributed by atoms with van der Waals surface area (Å²) in [6.07, 6.45) is 0. The normalized spacial score (nSPS) is 12.3. The fourth-order valence-corrected chi connectivity index (χ4v) is 2.24. The average molecular weight is 314 g/mol. The van der Waals surface area contributed by atoms with Crippen LogP contribution in [0, 0.1) is 0 Å². The Morgan fingerprint density at radius 2 is 1.76 bits per heavy atom. The molecule has 0 aliphatic rings. The molecule has 0 saturated carbocycles. The molecule has 0 aliphatic carbocycles. The maximum atomic E-state index is 12.5. The highest BCUT2D eigenvalue weighted by molar-refractivity contribution is 6.30. The van der Waals surface area contributed by atoms with Crippen molar-refractivity contribution in [2.24, 2.45) is 5.73 Å². The first-order chi connectivity index (χ1) is 10.0.